The number of carbonyl (C=O) groups is 6. The molecule has 79 heavy (non-hydrogen) atoms. The molecule has 2 aliphatic carbocycles. The van der Waals surface area contributed by atoms with Gasteiger partial charge in [-0.05, 0) is 119 Å². The number of benzene rings is 2. The SMILES string of the molecule is CN[C@@H](C)C(=O)N[C@H](C(=O)N1C[C@@H](n2cc(CCCc3cn([C@H]4C[C@@H](C(=O)N[C@@H]5CCCc6ccccc65)N(C(=O)[C@@H](NC(=O)[C@H](C)NC)C(C)(C)C)C4)nn3)nn2)C[C@H]1C(=O)N[C@@H]1CCCc2ccccc21)C(C)(C)C.Cl.Cl. The summed E-state index contributed by atoms with van der Waals surface area (Å²) in [5.74, 6) is -1.74. The molecule has 10 atom stereocenters. The molecular weight excluding hydrogens is 1050 g/mol. The van der Waals surface area contributed by atoms with Crippen molar-refractivity contribution in [2.75, 3.05) is 27.2 Å². The van der Waals surface area contributed by atoms with Gasteiger partial charge >= 0.3 is 0 Å². The van der Waals surface area contributed by atoms with E-state index in [1.165, 1.54) is 11.1 Å². The molecule has 22 heteroatoms. The Bertz CT molecular complexity index is 2590. The first-order valence-electron chi connectivity index (χ1n) is 27.8. The predicted octanol–water partition coefficient (Wildman–Crippen LogP) is 4.84. The summed E-state index contributed by atoms with van der Waals surface area (Å²) in [6.45, 7) is 15.3. The zero-order valence-electron chi connectivity index (χ0n) is 47.6. The zero-order valence-corrected chi connectivity index (χ0v) is 49.2. The molecule has 8 rings (SSSR count). The van der Waals surface area contributed by atoms with Crippen molar-refractivity contribution in [3.05, 3.63) is 94.6 Å². The van der Waals surface area contributed by atoms with Crippen molar-refractivity contribution < 1.29 is 28.8 Å². The summed E-state index contributed by atoms with van der Waals surface area (Å²) in [4.78, 5) is 88.0. The maximum Gasteiger partial charge on any atom is 0.246 e. The molecule has 0 bridgehead atoms. The lowest BCUT2D eigenvalue weighted by Gasteiger charge is -2.36. The van der Waals surface area contributed by atoms with Crippen LogP contribution in [0.4, 0.5) is 0 Å². The molecule has 2 aliphatic heterocycles. The Labute approximate surface area is 477 Å². The molecule has 0 radical (unpaired) electrons. The Morgan fingerprint density at radius 2 is 0.975 bits per heavy atom. The molecule has 432 valence electrons. The van der Waals surface area contributed by atoms with Crippen LogP contribution in [0.25, 0.3) is 0 Å². The second-order valence-corrected chi connectivity index (χ2v) is 24.0. The molecule has 4 aromatic rings. The van der Waals surface area contributed by atoms with Crippen LogP contribution in [0, 0.1) is 10.8 Å². The van der Waals surface area contributed by atoms with E-state index in [-0.39, 0.29) is 97.5 Å². The number of rotatable bonds is 18. The van der Waals surface area contributed by atoms with Crippen molar-refractivity contribution in [2.45, 2.75) is 186 Å². The first-order valence-corrected chi connectivity index (χ1v) is 27.8. The molecule has 0 unspecified atom stereocenters. The maximum absolute atomic E-state index is 14.7. The van der Waals surface area contributed by atoms with E-state index < -0.39 is 47.1 Å². The number of likely N-dealkylation sites (N-methyl/N-ethyl adjacent to an activating group) is 2. The molecule has 20 nitrogen and oxygen atoms in total. The topological polar surface area (TPSA) is 242 Å². The first kappa shape index (κ1) is 62.2. The summed E-state index contributed by atoms with van der Waals surface area (Å²) in [6.07, 6.45) is 11.6. The lowest BCUT2D eigenvalue weighted by atomic mass is 9.85. The fourth-order valence-corrected chi connectivity index (χ4v) is 11.4. The number of amides is 6. The second-order valence-electron chi connectivity index (χ2n) is 24.0. The van der Waals surface area contributed by atoms with Crippen molar-refractivity contribution in [1.29, 1.82) is 0 Å². The van der Waals surface area contributed by atoms with Gasteiger partial charge in [-0.15, -0.1) is 35.0 Å². The average molecular weight is 1130 g/mol. The van der Waals surface area contributed by atoms with Crippen molar-refractivity contribution in [1.82, 2.24) is 71.7 Å². The minimum absolute atomic E-state index is 0. The quantitative estimate of drug-likeness (QED) is 0.0785. The van der Waals surface area contributed by atoms with Crippen LogP contribution in [-0.4, -0.2) is 139 Å². The van der Waals surface area contributed by atoms with Crippen LogP contribution in [0.1, 0.15) is 158 Å². The Morgan fingerprint density at radius 3 is 1.34 bits per heavy atom. The number of nitrogens with one attached hydrogen (secondary N) is 6. The summed E-state index contributed by atoms with van der Waals surface area (Å²) >= 11 is 0. The van der Waals surface area contributed by atoms with E-state index >= 15 is 0 Å². The number of carbonyl (C=O) groups excluding carboxylic acids is 6. The molecule has 4 heterocycles. The van der Waals surface area contributed by atoms with Crippen LogP contribution < -0.4 is 31.9 Å². The Balaban J connectivity index is 0.00000504. The van der Waals surface area contributed by atoms with Gasteiger partial charge < -0.3 is 41.7 Å². The molecular formula is C57H84Cl2N14O6. The largest absolute Gasteiger partial charge is 0.347 e. The number of hydrogen-bond acceptors (Lipinski definition) is 12. The van der Waals surface area contributed by atoms with E-state index in [2.05, 4.69) is 76.8 Å². The molecule has 2 aromatic carbocycles. The maximum atomic E-state index is 14.7. The summed E-state index contributed by atoms with van der Waals surface area (Å²) in [6, 6.07) is 10.8. The molecule has 2 fully saturated rings. The van der Waals surface area contributed by atoms with Gasteiger partial charge in [-0.3, -0.25) is 28.8 Å². The third kappa shape index (κ3) is 14.5. The van der Waals surface area contributed by atoms with Crippen LogP contribution in [0.2, 0.25) is 0 Å². The standard InChI is InChI=1S/C57H82N14O6.2ClH/c1-34(58-9)50(72)62-48(56(3,4)5)54(76)68-32-40(28-46(68)52(74)60-44-26-15-20-36-18-11-13-24-42(36)44)70-30-38(64-66-70)22-17-23-39-31-71(67-65-39)41-29-47(53(75)61-45-27-16-21-37-19-12-14-25-43(37)45)69(33-41)55(77)49(57(6,7)8)63-51(73)35(2)59-10;;/h11-14,18-19,24-25,30-31,34-35,40-41,44-49,58-59H,15-17,20-23,26-29,32-33H2,1-10H3,(H,60,74)(H,61,75)(H,62,72)(H,63,73);2*1H/t34-,35-,40-,41-,44+,45+,46-,47-,48+,49+;;/m0../s1. The third-order valence-corrected chi connectivity index (χ3v) is 16.3. The second kappa shape index (κ2) is 26.5. The molecule has 6 amide bonds. The van der Waals surface area contributed by atoms with Gasteiger partial charge in [0.2, 0.25) is 35.4 Å². The summed E-state index contributed by atoms with van der Waals surface area (Å²) < 4.78 is 3.51. The number of nitrogens with zero attached hydrogens (tertiary/aromatic N) is 8. The molecule has 4 aliphatic rings. The minimum atomic E-state index is -0.895. The number of aromatic nitrogens is 6. The number of hydrogen-bond donors (Lipinski definition) is 6. The monoisotopic (exact) mass is 1130 g/mol. The van der Waals surface area contributed by atoms with E-state index in [0.29, 0.717) is 32.1 Å². The van der Waals surface area contributed by atoms with Crippen molar-refractivity contribution in [2.24, 2.45) is 10.8 Å². The van der Waals surface area contributed by atoms with Gasteiger partial charge in [-0.25, -0.2) is 9.36 Å². The molecule has 0 saturated carbocycles. The predicted molar refractivity (Wildman–Crippen MR) is 305 cm³/mol. The van der Waals surface area contributed by atoms with E-state index in [9.17, 15) is 28.8 Å². The Hall–Kier alpha value is -5.96. The number of aryl methyl sites for hydroxylation is 4. The third-order valence-electron chi connectivity index (χ3n) is 16.3. The van der Waals surface area contributed by atoms with Gasteiger partial charge in [0, 0.05) is 38.3 Å². The number of halogens is 2. The molecule has 2 saturated heterocycles. The first-order chi connectivity index (χ1) is 36.6. The summed E-state index contributed by atoms with van der Waals surface area (Å²) in [7, 11) is 3.38. The van der Waals surface area contributed by atoms with Crippen LogP contribution >= 0.6 is 24.8 Å². The Kier molecular flexibility index (Phi) is 20.9. The van der Waals surface area contributed by atoms with Gasteiger partial charge in [0.05, 0.1) is 47.6 Å². The van der Waals surface area contributed by atoms with Gasteiger partial charge in [0.25, 0.3) is 0 Å². The van der Waals surface area contributed by atoms with E-state index in [1.807, 2.05) is 78.2 Å². The van der Waals surface area contributed by atoms with Crippen LogP contribution in [0.5, 0.6) is 0 Å². The van der Waals surface area contributed by atoms with E-state index in [0.717, 1.165) is 61.0 Å². The number of likely N-dealkylation sites (tertiary alicyclic amines) is 2. The van der Waals surface area contributed by atoms with Gasteiger partial charge in [0.15, 0.2) is 0 Å². The summed E-state index contributed by atoms with van der Waals surface area (Å²) in [5.41, 5.74) is 4.80. The normalized spacial score (nSPS) is 22.4. The van der Waals surface area contributed by atoms with Crippen LogP contribution in [0.15, 0.2) is 60.9 Å². The zero-order chi connectivity index (χ0) is 55.3. The highest BCUT2D eigenvalue weighted by Gasteiger charge is 2.48. The fourth-order valence-electron chi connectivity index (χ4n) is 11.4. The molecule has 6 N–H and O–H groups in total. The molecule has 0 spiro atoms. The Morgan fingerprint density at radius 1 is 0.595 bits per heavy atom. The van der Waals surface area contributed by atoms with Crippen LogP contribution in [-0.2, 0) is 54.5 Å². The van der Waals surface area contributed by atoms with Crippen molar-refractivity contribution in [3.8, 4) is 0 Å². The summed E-state index contributed by atoms with van der Waals surface area (Å²) in [5, 5.41) is 36.6. The van der Waals surface area contributed by atoms with Gasteiger partial charge in [-0.1, -0.05) is 101 Å². The van der Waals surface area contributed by atoms with Crippen molar-refractivity contribution >= 4 is 60.3 Å². The lowest BCUT2D eigenvalue weighted by molar-refractivity contribution is -0.144. The van der Waals surface area contributed by atoms with Crippen molar-refractivity contribution in [3.63, 3.8) is 0 Å². The molecule has 2 aromatic heterocycles. The van der Waals surface area contributed by atoms with Crippen LogP contribution in [0.3, 0.4) is 0 Å². The van der Waals surface area contributed by atoms with Gasteiger partial charge in [0.1, 0.15) is 24.2 Å². The highest BCUT2D eigenvalue weighted by Crippen LogP contribution is 2.36. The minimum Gasteiger partial charge on any atom is -0.347 e. The lowest BCUT2D eigenvalue weighted by Crippen LogP contribution is -2.59. The van der Waals surface area contributed by atoms with E-state index in [1.54, 1.807) is 47.1 Å². The van der Waals surface area contributed by atoms with E-state index in [4.69, 9.17) is 0 Å². The highest BCUT2D eigenvalue weighted by atomic mass is 35.5. The highest BCUT2D eigenvalue weighted by molar-refractivity contribution is 5.95. The van der Waals surface area contributed by atoms with Gasteiger partial charge in [-0.2, -0.15) is 0 Å². The fraction of sp³-hybridized carbons (Fsp3) is 0.614. The number of fused-ring (bicyclic) bond motifs is 2. The average Bonchev–Trinajstić information content (AvgIpc) is 4.46. The smallest absolute Gasteiger partial charge is 0.246 e.